The molecule has 0 bridgehead atoms. The van der Waals surface area contributed by atoms with Crippen LogP contribution in [0.5, 0.6) is 0 Å². The number of aliphatic hydroxyl groups excluding tert-OH is 1. The molecule has 2 atom stereocenters. The van der Waals surface area contributed by atoms with Gasteiger partial charge in [0.2, 0.25) is 5.91 Å². The van der Waals surface area contributed by atoms with Crippen molar-refractivity contribution in [3.63, 3.8) is 0 Å². The van der Waals surface area contributed by atoms with Crippen molar-refractivity contribution in [2.24, 2.45) is 5.92 Å². The van der Waals surface area contributed by atoms with E-state index >= 15 is 0 Å². The number of nitrogens with zero attached hydrogens (tertiary/aromatic N) is 1. The van der Waals surface area contributed by atoms with Crippen molar-refractivity contribution in [2.45, 2.75) is 26.4 Å². The fourth-order valence-corrected chi connectivity index (χ4v) is 2.17. The summed E-state index contributed by atoms with van der Waals surface area (Å²) in [7, 11) is 0. The first kappa shape index (κ1) is 16.2. The third-order valence-corrected chi connectivity index (χ3v) is 3.88. The van der Waals surface area contributed by atoms with E-state index < -0.39 is 6.10 Å². The third-order valence-electron chi connectivity index (χ3n) is 3.88. The number of para-hydroxylation sites is 1. The maximum absolute atomic E-state index is 11.8. The van der Waals surface area contributed by atoms with E-state index in [1.165, 1.54) is 6.08 Å². The molecule has 0 aliphatic rings. The molecule has 1 aromatic heterocycles. The van der Waals surface area contributed by atoms with Crippen molar-refractivity contribution in [3.05, 3.63) is 48.2 Å². The highest BCUT2D eigenvalue weighted by molar-refractivity contribution is 5.95. The number of aromatic nitrogens is 1. The van der Waals surface area contributed by atoms with Gasteiger partial charge in [0.1, 0.15) is 0 Å². The molecule has 2 unspecified atom stereocenters. The van der Waals surface area contributed by atoms with Gasteiger partial charge >= 0.3 is 0 Å². The maximum Gasteiger partial charge on any atom is 0.244 e. The number of hydrogen-bond acceptors (Lipinski definition) is 3. The molecular formula is C18H22N2O2. The lowest BCUT2D eigenvalue weighted by molar-refractivity contribution is -0.117. The SMILES string of the molecule is CCC(C)C(O)CNC(=O)/C=C/c1ccnc2ccccc12. The normalized spacial score (nSPS) is 14.1. The molecule has 0 saturated carbocycles. The molecular weight excluding hydrogens is 276 g/mol. The predicted octanol–water partition coefficient (Wildman–Crippen LogP) is 2.77. The van der Waals surface area contributed by atoms with Crippen LogP contribution in [0.4, 0.5) is 0 Å². The van der Waals surface area contributed by atoms with Crippen LogP contribution in [-0.4, -0.2) is 28.6 Å². The zero-order valence-corrected chi connectivity index (χ0v) is 13.0. The lowest BCUT2D eigenvalue weighted by atomic mass is 10.0. The second-order valence-electron chi connectivity index (χ2n) is 5.45. The van der Waals surface area contributed by atoms with Gasteiger partial charge in [-0.3, -0.25) is 9.78 Å². The molecule has 0 spiro atoms. The molecule has 2 rings (SSSR count). The van der Waals surface area contributed by atoms with E-state index in [2.05, 4.69) is 10.3 Å². The second-order valence-corrected chi connectivity index (χ2v) is 5.45. The molecule has 0 radical (unpaired) electrons. The Kier molecular flexibility index (Phi) is 5.67. The third kappa shape index (κ3) is 4.15. The molecule has 0 aliphatic carbocycles. The summed E-state index contributed by atoms with van der Waals surface area (Å²) in [5.41, 5.74) is 1.85. The Morgan fingerprint density at radius 3 is 2.91 bits per heavy atom. The Labute approximate surface area is 130 Å². The molecule has 0 aliphatic heterocycles. The summed E-state index contributed by atoms with van der Waals surface area (Å²) >= 11 is 0. The van der Waals surface area contributed by atoms with E-state index in [0.717, 1.165) is 22.9 Å². The number of hydrogen-bond donors (Lipinski definition) is 2. The Balaban J connectivity index is 2.00. The molecule has 0 fully saturated rings. The van der Waals surface area contributed by atoms with Gasteiger partial charge in [-0.25, -0.2) is 0 Å². The molecule has 1 amide bonds. The quantitative estimate of drug-likeness (QED) is 0.806. The highest BCUT2D eigenvalue weighted by Crippen LogP contribution is 2.17. The van der Waals surface area contributed by atoms with Gasteiger partial charge in [0.15, 0.2) is 0 Å². The summed E-state index contributed by atoms with van der Waals surface area (Å²) in [5.74, 6) is -0.0309. The zero-order chi connectivity index (χ0) is 15.9. The maximum atomic E-state index is 11.8. The largest absolute Gasteiger partial charge is 0.391 e. The first-order valence-electron chi connectivity index (χ1n) is 7.59. The van der Waals surface area contributed by atoms with Crippen LogP contribution in [0.25, 0.3) is 17.0 Å². The highest BCUT2D eigenvalue weighted by Gasteiger charge is 2.12. The monoisotopic (exact) mass is 298 g/mol. The number of nitrogens with one attached hydrogen (secondary N) is 1. The molecule has 2 N–H and O–H groups in total. The van der Waals surface area contributed by atoms with E-state index in [4.69, 9.17) is 0 Å². The summed E-state index contributed by atoms with van der Waals surface area (Å²) < 4.78 is 0. The van der Waals surface area contributed by atoms with Gasteiger partial charge in [0.05, 0.1) is 11.6 Å². The standard InChI is InChI=1S/C18H22N2O2/c1-3-13(2)17(21)12-20-18(22)9-8-14-10-11-19-16-7-5-4-6-15(14)16/h4-11,13,17,21H,3,12H2,1-2H3,(H,20,22)/b9-8+. The molecule has 1 aromatic carbocycles. The summed E-state index contributed by atoms with van der Waals surface area (Å²) in [6, 6.07) is 9.68. The topological polar surface area (TPSA) is 62.2 Å². The number of benzene rings is 1. The minimum atomic E-state index is -0.510. The molecule has 4 heteroatoms. The van der Waals surface area contributed by atoms with E-state index in [1.54, 1.807) is 12.3 Å². The molecule has 1 heterocycles. The van der Waals surface area contributed by atoms with Crippen LogP contribution >= 0.6 is 0 Å². The predicted molar refractivity (Wildman–Crippen MR) is 89.2 cm³/mol. The van der Waals surface area contributed by atoms with Crippen LogP contribution in [0.2, 0.25) is 0 Å². The Morgan fingerprint density at radius 2 is 2.14 bits per heavy atom. The van der Waals surface area contributed by atoms with Crippen LogP contribution < -0.4 is 5.32 Å². The van der Waals surface area contributed by atoms with Crippen molar-refractivity contribution < 1.29 is 9.90 Å². The second kappa shape index (κ2) is 7.71. The molecule has 116 valence electrons. The van der Waals surface area contributed by atoms with Crippen molar-refractivity contribution >= 4 is 22.9 Å². The Morgan fingerprint density at radius 1 is 1.36 bits per heavy atom. The lowest BCUT2D eigenvalue weighted by Gasteiger charge is -2.16. The first-order valence-corrected chi connectivity index (χ1v) is 7.59. The number of fused-ring (bicyclic) bond motifs is 1. The van der Waals surface area contributed by atoms with Crippen molar-refractivity contribution in [1.82, 2.24) is 10.3 Å². The Hall–Kier alpha value is -2.20. The molecule has 2 aromatic rings. The van der Waals surface area contributed by atoms with Gasteiger partial charge in [-0.1, -0.05) is 38.5 Å². The van der Waals surface area contributed by atoms with Gasteiger partial charge in [0, 0.05) is 24.2 Å². The fraction of sp³-hybridized carbons (Fsp3) is 0.333. The number of rotatable bonds is 6. The summed E-state index contributed by atoms with van der Waals surface area (Å²) in [4.78, 5) is 16.1. The van der Waals surface area contributed by atoms with Crippen LogP contribution in [-0.2, 0) is 4.79 Å². The van der Waals surface area contributed by atoms with Crippen molar-refractivity contribution in [1.29, 1.82) is 0 Å². The van der Waals surface area contributed by atoms with Gasteiger partial charge in [-0.15, -0.1) is 0 Å². The van der Waals surface area contributed by atoms with Crippen molar-refractivity contribution in [2.75, 3.05) is 6.54 Å². The lowest BCUT2D eigenvalue weighted by Crippen LogP contribution is -2.34. The first-order chi connectivity index (χ1) is 10.6. The number of aliphatic hydroxyl groups is 1. The minimum absolute atomic E-state index is 0.174. The summed E-state index contributed by atoms with van der Waals surface area (Å²) in [5, 5.41) is 13.6. The van der Waals surface area contributed by atoms with Crippen molar-refractivity contribution in [3.8, 4) is 0 Å². The van der Waals surface area contributed by atoms with Crippen LogP contribution in [0, 0.1) is 5.92 Å². The van der Waals surface area contributed by atoms with E-state index in [1.807, 2.05) is 44.2 Å². The average Bonchev–Trinajstić information content (AvgIpc) is 2.56. The summed E-state index contributed by atoms with van der Waals surface area (Å²) in [6.07, 6.45) is 5.37. The van der Waals surface area contributed by atoms with E-state index in [-0.39, 0.29) is 18.4 Å². The van der Waals surface area contributed by atoms with Gasteiger partial charge < -0.3 is 10.4 Å². The fourth-order valence-electron chi connectivity index (χ4n) is 2.17. The number of amides is 1. The molecule has 22 heavy (non-hydrogen) atoms. The minimum Gasteiger partial charge on any atom is -0.391 e. The zero-order valence-electron chi connectivity index (χ0n) is 13.0. The number of carbonyl (C=O) groups excluding carboxylic acids is 1. The number of pyridine rings is 1. The van der Waals surface area contributed by atoms with Crippen LogP contribution in [0.3, 0.4) is 0 Å². The van der Waals surface area contributed by atoms with Gasteiger partial charge in [0.25, 0.3) is 0 Å². The number of carbonyl (C=O) groups is 1. The van der Waals surface area contributed by atoms with Crippen LogP contribution in [0.1, 0.15) is 25.8 Å². The van der Waals surface area contributed by atoms with Crippen LogP contribution in [0.15, 0.2) is 42.6 Å². The van der Waals surface area contributed by atoms with Gasteiger partial charge in [-0.2, -0.15) is 0 Å². The average molecular weight is 298 g/mol. The highest BCUT2D eigenvalue weighted by atomic mass is 16.3. The van der Waals surface area contributed by atoms with E-state index in [0.29, 0.717) is 0 Å². The molecule has 0 saturated heterocycles. The van der Waals surface area contributed by atoms with E-state index in [9.17, 15) is 9.90 Å². The molecule has 4 nitrogen and oxygen atoms in total. The smallest absolute Gasteiger partial charge is 0.244 e. The summed E-state index contributed by atoms with van der Waals surface area (Å²) in [6.45, 7) is 4.26. The van der Waals surface area contributed by atoms with Gasteiger partial charge in [-0.05, 0) is 29.7 Å². The Bertz CT molecular complexity index is 662.